The second-order valence-corrected chi connectivity index (χ2v) is 7.14. The standard InChI is InChI=1S/C17H20N2O4S/c1-8(2)17(4,16(18)23)19-14(20)12-11(15(21)22)6-5-10-9(3)7-24-13(10)12/h5-8H,1-4H3,(H2,18,23)(H,19,20)(H,21,22). The van der Waals surface area contributed by atoms with Crippen molar-refractivity contribution in [1.29, 1.82) is 0 Å². The number of carboxylic acid groups (broad SMARTS) is 1. The number of benzene rings is 1. The molecule has 1 aromatic carbocycles. The minimum Gasteiger partial charge on any atom is -0.478 e. The van der Waals surface area contributed by atoms with Gasteiger partial charge in [0.25, 0.3) is 5.91 Å². The fraction of sp³-hybridized carbons (Fsp3) is 0.353. The number of nitrogens with one attached hydrogen (secondary N) is 1. The number of carbonyl (C=O) groups is 3. The lowest BCUT2D eigenvalue weighted by Crippen LogP contribution is -2.58. The highest BCUT2D eigenvalue weighted by atomic mass is 32.1. The van der Waals surface area contributed by atoms with Crippen molar-refractivity contribution in [2.75, 3.05) is 0 Å². The Hall–Kier alpha value is -2.41. The summed E-state index contributed by atoms with van der Waals surface area (Å²) in [6.45, 7) is 6.96. The van der Waals surface area contributed by atoms with Gasteiger partial charge in [-0.15, -0.1) is 11.3 Å². The Labute approximate surface area is 143 Å². The molecule has 0 spiro atoms. The Bertz CT molecular complexity index is 840. The number of amides is 2. The maximum Gasteiger partial charge on any atom is 0.336 e. The lowest BCUT2D eigenvalue weighted by atomic mass is 9.87. The van der Waals surface area contributed by atoms with Crippen LogP contribution in [-0.2, 0) is 4.79 Å². The van der Waals surface area contributed by atoms with E-state index in [2.05, 4.69) is 5.32 Å². The topological polar surface area (TPSA) is 109 Å². The number of hydrogen-bond donors (Lipinski definition) is 3. The molecule has 0 aliphatic rings. The number of carboxylic acids is 1. The molecule has 24 heavy (non-hydrogen) atoms. The van der Waals surface area contributed by atoms with Crippen LogP contribution in [0.5, 0.6) is 0 Å². The number of aryl methyl sites for hydroxylation is 1. The Kier molecular flexibility index (Phi) is 4.66. The quantitative estimate of drug-likeness (QED) is 0.771. The monoisotopic (exact) mass is 348 g/mol. The highest BCUT2D eigenvalue weighted by Crippen LogP contribution is 2.31. The van der Waals surface area contributed by atoms with Crippen molar-refractivity contribution in [2.45, 2.75) is 33.2 Å². The van der Waals surface area contributed by atoms with Crippen LogP contribution in [-0.4, -0.2) is 28.4 Å². The molecule has 2 aromatic rings. The van der Waals surface area contributed by atoms with E-state index in [9.17, 15) is 19.5 Å². The lowest BCUT2D eigenvalue weighted by Gasteiger charge is -2.31. The third kappa shape index (κ3) is 2.87. The first kappa shape index (κ1) is 17.9. The first-order valence-corrected chi connectivity index (χ1v) is 8.34. The summed E-state index contributed by atoms with van der Waals surface area (Å²) >= 11 is 1.30. The molecule has 0 saturated carbocycles. The smallest absolute Gasteiger partial charge is 0.336 e. The van der Waals surface area contributed by atoms with E-state index in [0.29, 0.717) is 4.70 Å². The number of fused-ring (bicyclic) bond motifs is 1. The highest BCUT2D eigenvalue weighted by molar-refractivity contribution is 7.17. The zero-order valence-electron chi connectivity index (χ0n) is 14.0. The van der Waals surface area contributed by atoms with E-state index in [-0.39, 0.29) is 17.0 Å². The fourth-order valence-electron chi connectivity index (χ4n) is 2.42. The number of rotatable bonds is 5. The number of hydrogen-bond acceptors (Lipinski definition) is 4. The first-order valence-electron chi connectivity index (χ1n) is 7.46. The van der Waals surface area contributed by atoms with Crippen LogP contribution in [0.25, 0.3) is 10.1 Å². The van der Waals surface area contributed by atoms with Gasteiger partial charge in [-0.25, -0.2) is 4.79 Å². The summed E-state index contributed by atoms with van der Waals surface area (Å²) in [5.41, 5.74) is 5.09. The molecule has 0 aliphatic heterocycles. The van der Waals surface area contributed by atoms with Crippen molar-refractivity contribution in [1.82, 2.24) is 5.32 Å². The number of primary amides is 1. The van der Waals surface area contributed by atoms with Gasteiger partial charge in [-0.05, 0) is 42.2 Å². The van der Waals surface area contributed by atoms with E-state index >= 15 is 0 Å². The molecule has 2 amide bonds. The predicted molar refractivity (Wildman–Crippen MR) is 93.4 cm³/mol. The summed E-state index contributed by atoms with van der Waals surface area (Å²) in [6.07, 6.45) is 0. The van der Waals surface area contributed by atoms with Gasteiger partial charge in [-0.2, -0.15) is 0 Å². The second-order valence-electron chi connectivity index (χ2n) is 6.26. The molecule has 1 aromatic heterocycles. The van der Waals surface area contributed by atoms with Gasteiger partial charge in [-0.1, -0.05) is 19.9 Å². The van der Waals surface area contributed by atoms with Crippen molar-refractivity contribution in [2.24, 2.45) is 11.7 Å². The molecule has 0 bridgehead atoms. The largest absolute Gasteiger partial charge is 0.478 e. The second kappa shape index (κ2) is 6.24. The molecule has 6 nitrogen and oxygen atoms in total. The van der Waals surface area contributed by atoms with Gasteiger partial charge in [0.15, 0.2) is 0 Å². The molecule has 0 radical (unpaired) electrons. The lowest BCUT2D eigenvalue weighted by molar-refractivity contribution is -0.125. The van der Waals surface area contributed by atoms with Gasteiger partial charge < -0.3 is 16.2 Å². The fourth-order valence-corrected chi connectivity index (χ4v) is 3.52. The normalized spacial score (nSPS) is 13.7. The van der Waals surface area contributed by atoms with Crippen molar-refractivity contribution >= 4 is 39.2 Å². The van der Waals surface area contributed by atoms with Gasteiger partial charge >= 0.3 is 5.97 Å². The predicted octanol–water partition coefficient (Wildman–Crippen LogP) is 2.54. The van der Waals surface area contributed by atoms with Crippen LogP contribution >= 0.6 is 11.3 Å². The third-order valence-electron chi connectivity index (χ3n) is 4.43. The molecule has 1 heterocycles. The molecule has 0 saturated heterocycles. The summed E-state index contributed by atoms with van der Waals surface area (Å²) in [7, 11) is 0. The molecule has 1 unspecified atom stereocenters. The number of carbonyl (C=O) groups excluding carboxylic acids is 2. The van der Waals surface area contributed by atoms with Crippen LogP contribution in [0.3, 0.4) is 0 Å². The van der Waals surface area contributed by atoms with Crippen LogP contribution in [0, 0.1) is 12.8 Å². The molecule has 0 aliphatic carbocycles. The van der Waals surface area contributed by atoms with E-state index < -0.39 is 23.3 Å². The molecule has 128 valence electrons. The number of aromatic carboxylic acids is 1. The van der Waals surface area contributed by atoms with Gasteiger partial charge in [0, 0.05) is 4.70 Å². The van der Waals surface area contributed by atoms with Crippen molar-refractivity contribution < 1.29 is 19.5 Å². The summed E-state index contributed by atoms with van der Waals surface area (Å²) in [5, 5.41) is 14.7. The van der Waals surface area contributed by atoms with Crippen molar-refractivity contribution in [3.63, 3.8) is 0 Å². The zero-order valence-corrected chi connectivity index (χ0v) is 14.8. The van der Waals surface area contributed by atoms with Crippen molar-refractivity contribution in [3.05, 3.63) is 34.2 Å². The van der Waals surface area contributed by atoms with Crippen LogP contribution in [0.4, 0.5) is 0 Å². The maximum atomic E-state index is 12.8. The summed E-state index contributed by atoms with van der Waals surface area (Å²) in [6, 6.07) is 3.10. The number of thiophene rings is 1. The molecular formula is C17H20N2O4S. The molecule has 7 heteroatoms. The Morgan fingerprint density at radius 2 is 1.92 bits per heavy atom. The van der Waals surface area contributed by atoms with E-state index in [1.165, 1.54) is 24.3 Å². The van der Waals surface area contributed by atoms with E-state index in [0.717, 1.165) is 10.9 Å². The van der Waals surface area contributed by atoms with Gasteiger partial charge in [0.2, 0.25) is 5.91 Å². The third-order valence-corrected chi connectivity index (χ3v) is 5.56. The van der Waals surface area contributed by atoms with Gasteiger partial charge in [0.1, 0.15) is 5.54 Å². The average molecular weight is 348 g/mol. The minimum absolute atomic E-state index is 0.0613. The van der Waals surface area contributed by atoms with Crippen LogP contribution in [0.1, 0.15) is 47.1 Å². The summed E-state index contributed by atoms with van der Waals surface area (Å²) in [5.74, 6) is -2.73. The Balaban J connectivity index is 2.62. The molecule has 0 fully saturated rings. The summed E-state index contributed by atoms with van der Waals surface area (Å²) < 4.78 is 0.584. The van der Waals surface area contributed by atoms with Crippen LogP contribution < -0.4 is 11.1 Å². The molecule has 4 N–H and O–H groups in total. The van der Waals surface area contributed by atoms with E-state index in [1.807, 2.05) is 12.3 Å². The maximum absolute atomic E-state index is 12.8. The van der Waals surface area contributed by atoms with E-state index in [4.69, 9.17) is 5.73 Å². The van der Waals surface area contributed by atoms with Crippen LogP contribution in [0.15, 0.2) is 17.5 Å². The molecule has 2 rings (SSSR count). The minimum atomic E-state index is -1.28. The van der Waals surface area contributed by atoms with Crippen molar-refractivity contribution in [3.8, 4) is 0 Å². The molecular weight excluding hydrogens is 328 g/mol. The Morgan fingerprint density at radius 1 is 1.29 bits per heavy atom. The number of nitrogens with two attached hydrogens (primary N) is 1. The summed E-state index contributed by atoms with van der Waals surface area (Å²) in [4.78, 5) is 36.2. The average Bonchev–Trinajstić information content (AvgIpc) is 2.87. The SMILES string of the molecule is Cc1csc2c(C(=O)NC(C)(C(N)=O)C(C)C)c(C(=O)O)ccc12. The molecule has 1 atom stereocenters. The zero-order chi connectivity index (χ0) is 18.2. The Morgan fingerprint density at radius 3 is 2.42 bits per heavy atom. The van der Waals surface area contributed by atoms with Gasteiger partial charge in [0.05, 0.1) is 11.1 Å². The highest BCUT2D eigenvalue weighted by Gasteiger charge is 2.37. The van der Waals surface area contributed by atoms with E-state index in [1.54, 1.807) is 19.9 Å². The van der Waals surface area contributed by atoms with Crippen LogP contribution in [0.2, 0.25) is 0 Å². The van der Waals surface area contributed by atoms with Gasteiger partial charge in [-0.3, -0.25) is 9.59 Å². The first-order chi connectivity index (χ1) is 11.1.